The smallest absolute Gasteiger partial charge is 0.114 e. The lowest BCUT2D eigenvalue weighted by molar-refractivity contribution is 1.06. The largest absolute Gasteiger partial charge is 0.252 e. The van der Waals surface area contributed by atoms with Crippen molar-refractivity contribution in [3.05, 3.63) is 29.6 Å². The van der Waals surface area contributed by atoms with Gasteiger partial charge in [0.2, 0.25) is 0 Å². The van der Waals surface area contributed by atoms with E-state index in [0.29, 0.717) is 6.54 Å². The summed E-state index contributed by atoms with van der Waals surface area (Å²) < 4.78 is 0. The van der Waals surface area contributed by atoms with E-state index in [0.717, 1.165) is 17.1 Å². The molecule has 0 N–H and O–H groups in total. The maximum Gasteiger partial charge on any atom is 0.114 e. The zero-order valence-electron chi connectivity index (χ0n) is 6.73. The predicted octanol–water partition coefficient (Wildman–Crippen LogP) is 1.56. The first kappa shape index (κ1) is 7.09. The highest BCUT2D eigenvalue weighted by molar-refractivity contribution is 6.00. The molecule has 0 unspecified atom stereocenters. The van der Waals surface area contributed by atoms with E-state index in [2.05, 4.69) is 20.4 Å². The molecule has 0 saturated heterocycles. The second-order valence-electron chi connectivity index (χ2n) is 2.60. The average Bonchev–Trinajstić information content (AvgIpc) is 2.56. The minimum Gasteiger partial charge on any atom is -0.252 e. The molecule has 60 valence electrons. The molecule has 0 spiro atoms. The van der Waals surface area contributed by atoms with Crippen molar-refractivity contribution in [1.82, 2.24) is 4.98 Å². The quantitative estimate of drug-likeness (QED) is 0.615. The van der Waals surface area contributed by atoms with Gasteiger partial charge in [-0.05, 0) is 24.3 Å². The van der Waals surface area contributed by atoms with Crippen LogP contribution in [0.1, 0.15) is 11.4 Å². The summed E-state index contributed by atoms with van der Waals surface area (Å²) in [6.45, 7) is 2.50. The lowest BCUT2D eigenvalue weighted by atomic mass is 10.2. The van der Waals surface area contributed by atoms with Gasteiger partial charge in [-0.3, -0.25) is 4.98 Å². The molecule has 0 aliphatic carbocycles. The van der Waals surface area contributed by atoms with E-state index in [9.17, 15) is 0 Å². The van der Waals surface area contributed by atoms with Gasteiger partial charge in [-0.25, -0.2) is 0 Å². The van der Waals surface area contributed by atoms with Gasteiger partial charge in [0.1, 0.15) is 12.3 Å². The number of hydrogen-bond acceptors (Lipinski definition) is 4. The second-order valence-corrected chi connectivity index (χ2v) is 2.60. The third-order valence-corrected chi connectivity index (χ3v) is 1.63. The van der Waals surface area contributed by atoms with E-state index in [1.165, 1.54) is 0 Å². The molecule has 1 aliphatic rings. The zero-order chi connectivity index (χ0) is 8.39. The van der Waals surface area contributed by atoms with Crippen LogP contribution in [0.4, 0.5) is 0 Å². The molecule has 4 nitrogen and oxygen atoms in total. The van der Waals surface area contributed by atoms with Crippen molar-refractivity contribution >= 4 is 5.71 Å². The third kappa shape index (κ3) is 1.23. The summed E-state index contributed by atoms with van der Waals surface area (Å²) in [6.07, 6.45) is 0. The SMILES string of the molecule is Cc1cccc(C2=NN=NC2)n1. The Balaban J connectivity index is 2.35. The first-order valence-electron chi connectivity index (χ1n) is 3.73. The summed E-state index contributed by atoms with van der Waals surface area (Å²) in [7, 11) is 0. The van der Waals surface area contributed by atoms with E-state index in [1.54, 1.807) is 0 Å². The fourth-order valence-corrected chi connectivity index (χ4v) is 1.05. The van der Waals surface area contributed by atoms with Gasteiger partial charge < -0.3 is 0 Å². The van der Waals surface area contributed by atoms with Crippen molar-refractivity contribution in [3.8, 4) is 0 Å². The molecular weight excluding hydrogens is 152 g/mol. The highest BCUT2D eigenvalue weighted by Crippen LogP contribution is 2.05. The Hall–Kier alpha value is -1.58. The summed E-state index contributed by atoms with van der Waals surface area (Å²) in [5, 5.41) is 11.2. The minimum atomic E-state index is 0.552. The average molecular weight is 160 g/mol. The third-order valence-electron chi connectivity index (χ3n) is 1.63. The van der Waals surface area contributed by atoms with E-state index in [4.69, 9.17) is 0 Å². The summed E-state index contributed by atoms with van der Waals surface area (Å²) in [4.78, 5) is 4.30. The molecule has 12 heavy (non-hydrogen) atoms. The van der Waals surface area contributed by atoms with Crippen molar-refractivity contribution in [1.29, 1.82) is 0 Å². The number of hydrogen-bond donors (Lipinski definition) is 0. The van der Waals surface area contributed by atoms with Gasteiger partial charge in [0.25, 0.3) is 0 Å². The first-order chi connectivity index (χ1) is 5.86. The van der Waals surface area contributed by atoms with E-state index in [1.807, 2.05) is 25.1 Å². The van der Waals surface area contributed by atoms with Crippen LogP contribution in [-0.2, 0) is 0 Å². The van der Waals surface area contributed by atoms with E-state index in [-0.39, 0.29) is 0 Å². The Kier molecular flexibility index (Phi) is 1.66. The number of pyridine rings is 1. The molecule has 1 aromatic heterocycles. The topological polar surface area (TPSA) is 50.0 Å². The Morgan fingerprint density at radius 1 is 1.33 bits per heavy atom. The van der Waals surface area contributed by atoms with Gasteiger partial charge in [-0.2, -0.15) is 5.11 Å². The molecular formula is C8H8N4. The van der Waals surface area contributed by atoms with Crippen molar-refractivity contribution in [2.24, 2.45) is 15.4 Å². The summed E-state index contributed by atoms with van der Waals surface area (Å²) in [6, 6.07) is 5.83. The highest BCUT2D eigenvalue weighted by Gasteiger charge is 2.07. The van der Waals surface area contributed by atoms with Crippen LogP contribution < -0.4 is 0 Å². The summed E-state index contributed by atoms with van der Waals surface area (Å²) in [5.41, 5.74) is 2.71. The lowest BCUT2D eigenvalue weighted by Crippen LogP contribution is -2.04. The van der Waals surface area contributed by atoms with Crippen LogP contribution >= 0.6 is 0 Å². The fraction of sp³-hybridized carbons (Fsp3) is 0.250. The zero-order valence-corrected chi connectivity index (χ0v) is 6.73. The van der Waals surface area contributed by atoms with Crippen molar-refractivity contribution < 1.29 is 0 Å². The van der Waals surface area contributed by atoms with Crippen LogP contribution in [0.25, 0.3) is 0 Å². The van der Waals surface area contributed by atoms with Crippen LogP contribution in [0, 0.1) is 6.92 Å². The molecule has 0 atom stereocenters. The molecule has 0 radical (unpaired) electrons. The Morgan fingerprint density at radius 3 is 2.92 bits per heavy atom. The number of rotatable bonds is 1. The van der Waals surface area contributed by atoms with Crippen LogP contribution in [0.5, 0.6) is 0 Å². The summed E-state index contributed by atoms with van der Waals surface area (Å²) >= 11 is 0. The number of nitrogens with zero attached hydrogens (tertiary/aromatic N) is 4. The molecule has 0 aromatic carbocycles. The first-order valence-corrected chi connectivity index (χ1v) is 3.73. The minimum absolute atomic E-state index is 0.552. The fourth-order valence-electron chi connectivity index (χ4n) is 1.05. The molecule has 1 aliphatic heterocycles. The van der Waals surface area contributed by atoms with E-state index < -0.39 is 0 Å². The molecule has 0 fully saturated rings. The maximum atomic E-state index is 4.30. The second kappa shape index (κ2) is 2.81. The molecule has 0 saturated carbocycles. The van der Waals surface area contributed by atoms with Gasteiger partial charge in [-0.1, -0.05) is 6.07 Å². The number of aromatic nitrogens is 1. The lowest BCUT2D eigenvalue weighted by Gasteiger charge is -1.97. The van der Waals surface area contributed by atoms with Gasteiger partial charge in [0, 0.05) is 5.69 Å². The normalized spacial score (nSPS) is 14.9. The molecule has 0 amide bonds. The molecule has 2 heterocycles. The van der Waals surface area contributed by atoms with Crippen molar-refractivity contribution in [3.63, 3.8) is 0 Å². The van der Waals surface area contributed by atoms with Crippen LogP contribution in [-0.4, -0.2) is 17.2 Å². The monoisotopic (exact) mass is 160 g/mol. The van der Waals surface area contributed by atoms with Crippen LogP contribution in [0.3, 0.4) is 0 Å². The highest BCUT2D eigenvalue weighted by atomic mass is 15.4. The maximum absolute atomic E-state index is 4.30. The van der Waals surface area contributed by atoms with Gasteiger partial charge >= 0.3 is 0 Å². The Morgan fingerprint density at radius 2 is 2.25 bits per heavy atom. The van der Waals surface area contributed by atoms with Crippen LogP contribution in [0.2, 0.25) is 0 Å². The van der Waals surface area contributed by atoms with Gasteiger partial charge in [0.05, 0.1) is 5.69 Å². The molecule has 0 bridgehead atoms. The van der Waals surface area contributed by atoms with Crippen LogP contribution in [0.15, 0.2) is 33.6 Å². The summed E-state index contributed by atoms with van der Waals surface area (Å²) in [5.74, 6) is 0. The van der Waals surface area contributed by atoms with Crippen molar-refractivity contribution in [2.75, 3.05) is 6.54 Å². The molecule has 2 rings (SSSR count). The van der Waals surface area contributed by atoms with Gasteiger partial charge in [0.15, 0.2) is 0 Å². The molecule has 1 aromatic rings. The predicted molar refractivity (Wildman–Crippen MR) is 45.2 cm³/mol. The molecule has 4 heteroatoms. The number of aryl methyl sites for hydroxylation is 1. The Labute approximate surface area is 70.1 Å². The van der Waals surface area contributed by atoms with Crippen molar-refractivity contribution in [2.45, 2.75) is 6.92 Å². The standard InChI is InChI=1S/C8H8N4/c1-6-3-2-4-7(10-6)8-5-9-12-11-8/h2-4H,5H2,1H3. The Bertz CT molecular complexity index is 354. The van der Waals surface area contributed by atoms with Gasteiger partial charge in [-0.15, -0.1) is 5.10 Å². The van der Waals surface area contributed by atoms with E-state index >= 15 is 0 Å².